The van der Waals surface area contributed by atoms with Crippen LogP contribution >= 0.6 is 0 Å². The molecule has 0 spiro atoms. The molecule has 3 amide bonds. The van der Waals surface area contributed by atoms with Gasteiger partial charge < -0.3 is 20.5 Å². The second-order valence-corrected chi connectivity index (χ2v) is 8.38. The number of nitrogens with zero attached hydrogens (tertiary/aromatic N) is 1. The van der Waals surface area contributed by atoms with Gasteiger partial charge in [0.1, 0.15) is 5.82 Å². The molecule has 1 aliphatic heterocycles. The topological polar surface area (TPSA) is 77.2 Å². The molecule has 3 aromatic rings. The molecule has 1 aromatic heterocycles. The summed E-state index contributed by atoms with van der Waals surface area (Å²) in [5.74, 6) is -0.515. The van der Waals surface area contributed by atoms with Gasteiger partial charge in [0.25, 0.3) is 0 Å². The fourth-order valence-electron chi connectivity index (χ4n) is 4.68. The number of anilines is 1. The van der Waals surface area contributed by atoms with Crippen molar-refractivity contribution in [2.45, 2.75) is 44.7 Å². The molecule has 7 heteroatoms. The fraction of sp³-hybridized carbons (Fsp3) is 0.333. The van der Waals surface area contributed by atoms with E-state index in [-0.39, 0.29) is 30.2 Å². The molecule has 1 atom stereocenters. The highest BCUT2D eigenvalue weighted by Crippen LogP contribution is 2.29. The van der Waals surface area contributed by atoms with Gasteiger partial charge in [0, 0.05) is 41.8 Å². The third kappa shape index (κ3) is 4.00. The van der Waals surface area contributed by atoms with Gasteiger partial charge in [-0.3, -0.25) is 4.79 Å². The summed E-state index contributed by atoms with van der Waals surface area (Å²) >= 11 is 0. The minimum Gasteiger partial charge on any atom is -0.358 e. The van der Waals surface area contributed by atoms with Gasteiger partial charge in [-0.15, -0.1) is 0 Å². The maximum absolute atomic E-state index is 13.5. The molecule has 31 heavy (non-hydrogen) atoms. The maximum atomic E-state index is 13.5. The fourth-order valence-corrected chi connectivity index (χ4v) is 4.68. The number of H-pyrrole nitrogens is 1. The Morgan fingerprint density at radius 1 is 1.16 bits per heavy atom. The highest BCUT2D eigenvalue weighted by Gasteiger charge is 2.31. The highest BCUT2D eigenvalue weighted by atomic mass is 19.1. The first kappa shape index (κ1) is 19.6. The smallest absolute Gasteiger partial charge is 0.315 e. The van der Waals surface area contributed by atoms with Crippen molar-refractivity contribution in [2.75, 3.05) is 11.4 Å². The molecular weight excluding hydrogens is 395 g/mol. The molecule has 2 aromatic carbocycles. The van der Waals surface area contributed by atoms with Crippen molar-refractivity contribution in [3.8, 4) is 0 Å². The van der Waals surface area contributed by atoms with Crippen LogP contribution in [-0.4, -0.2) is 29.5 Å². The van der Waals surface area contributed by atoms with Crippen LogP contribution in [0.3, 0.4) is 0 Å². The van der Waals surface area contributed by atoms with Crippen molar-refractivity contribution in [3.05, 3.63) is 65.1 Å². The van der Waals surface area contributed by atoms with E-state index in [4.69, 9.17) is 0 Å². The number of rotatable bonds is 4. The van der Waals surface area contributed by atoms with Crippen LogP contribution in [0.4, 0.5) is 14.9 Å². The average Bonchev–Trinajstić information content (AvgIpc) is 3.32. The van der Waals surface area contributed by atoms with Crippen molar-refractivity contribution in [3.63, 3.8) is 0 Å². The molecule has 3 N–H and O–H groups in total. The number of aromatic nitrogens is 1. The molecule has 0 bridgehead atoms. The average molecular weight is 420 g/mol. The first-order valence-corrected chi connectivity index (χ1v) is 10.8. The lowest BCUT2D eigenvalue weighted by molar-refractivity contribution is -0.117. The summed E-state index contributed by atoms with van der Waals surface area (Å²) < 4.78 is 13.5. The Bertz CT molecular complexity index is 1160. The zero-order valence-corrected chi connectivity index (χ0v) is 17.2. The van der Waals surface area contributed by atoms with Crippen LogP contribution in [-0.2, 0) is 24.2 Å². The predicted molar refractivity (Wildman–Crippen MR) is 117 cm³/mol. The molecule has 2 aliphatic rings. The Labute approximate surface area is 179 Å². The van der Waals surface area contributed by atoms with Gasteiger partial charge in [0.05, 0.1) is 6.04 Å². The van der Waals surface area contributed by atoms with Crippen molar-refractivity contribution in [1.82, 2.24) is 15.6 Å². The molecule has 0 radical (unpaired) electrons. The van der Waals surface area contributed by atoms with Gasteiger partial charge in [-0.05, 0) is 67.1 Å². The second-order valence-electron chi connectivity index (χ2n) is 8.38. The van der Waals surface area contributed by atoms with Gasteiger partial charge in [-0.25, -0.2) is 9.18 Å². The van der Waals surface area contributed by atoms with Crippen molar-refractivity contribution in [1.29, 1.82) is 0 Å². The number of hydrogen-bond donors (Lipinski definition) is 3. The lowest BCUT2D eigenvalue weighted by Crippen LogP contribution is -2.43. The number of aromatic amines is 1. The van der Waals surface area contributed by atoms with Gasteiger partial charge in [-0.1, -0.05) is 12.1 Å². The Balaban J connectivity index is 1.19. The summed E-state index contributed by atoms with van der Waals surface area (Å²) in [5.41, 5.74) is 5.46. The molecule has 6 nitrogen and oxygen atoms in total. The Kier molecular flexibility index (Phi) is 5.10. The molecular formula is C24H25FN4O2. The van der Waals surface area contributed by atoms with Crippen molar-refractivity contribution >= 4 is 28.5 Å². The van der Waals surface area contributed by atoms with Crippen LogP contribution in [0, 0.1) is 5.82 Å². The summed E-state index contributed by atoms with van der Waals surface area (Å²) in [5, 5.41) is 7.01. The van der Waals surface area contributed by atoms with Crippen molar-refractivity contribution < 1.29 is 14.0 Å². The van der Waals surface area contributed by atoms with Crippen LogP contribution in [0.15, 0.2) is 42.5 Å². The van der Waals surface area contributed by atoms with E-state index in [2.05, 4.69) is 27.8 Å². The second kappa shape index (κ2) is 8.06. The van der Waals surface area contributed by atoms with Gasteiger partial charge in [0.2, 0.25) is 5.91 Å². The normalized spacial score (nSPS) is 18.3. The molecule has 5 rings (SSSR count). The summed E-state index contributed by atoms with van der Waals surface area (Å²) in [6, 6.07) is 11.6. The summed E-state index contributed by atoms with van der Waals surface area (Å²) in [4.78, 5) is 29.7. The van der Waals surface area contributed by atoms with Crippen LogP contribution in [0.1, 0.15) is 36.1 Å². The van der Waals surface area contributed by atoms with E-state index in [1.807, 2.05) is 6.07 Å². The van der Waals surface area contributed by atoms with Gasteiger partial charge in [-0.2, -0.15) is 0 Å². The third-order valence-electron chi connectivity index (χ3n) is 6.20. The number of carbonyl (C=O) groups is 2. The van der Waals surface area contributed by atoms with E-state index in [1.54, 1.807) is 12.1 Å². The van der Waals surface area contributed by atoms with E-state index in [1.165, 1.54) is 46.5 Å². The Morgan fingerprint density at radius 2 is 2.03 bits per heavy atom. The highest BCUT2D eigenvalue weighted by molar-refractivity contribution is 5.96. The largest absolute Gasteiger partial charge is 0.358 e. The lowest BCUT2D eigenvalue weighted by atomic mass is 9.95. The number of urea groups is 1. The van der Waals surface area contributed by atoms with Crippen LogP contribution < -0.4 is 15.5 Å². The zero-order chi connectivity index (χ0) is 21.4. The standard InChI is InChI=1S/C24H25FN4O2/c25-16-4-3-5-18(11-16)29-14-17(12-23(29)30)27-24(31)26-13-15-8-9-22-20(10-15)19-6-1-2-7-21(19)28-22/h3-5,8-11,17,28H,1-2,6-7,12-14H2,(H2,26,27,31). The van der Waals surface area contributed by atoms with Crippen LogP contribution in [0.5, 0.6) is 0 Å². The molecule has 160 valence electrons. The number of hydrogen-bond acceptors (Lipinski definition) is 2. The van der Waals surface area contributed by atoms with Crippen LogP contribution in [0.2, 0.25) is 0 Å². The maximum Gasteiger partial charge on any atom is 0.315 e. The number of amides is 3. The van der Waals surface area contributed by atoms with Gasteiger partial charge in [0.15, 0.2) is 0 Å². The van der Waals surface area contributed by atoms with Crippen molar-refractivity contribution in [2.24, 2.45) is 0 Å². The van der Waals surface area contributed by atoms with Crippen LogP contribution in [0.25, 0.3) is 10.9 Å². The zero-order valence-electron chi connectivity index (χ0n) is 17.2. The summed E-state index contributed by atoms with van der Waals surface area (Å²) in [6.07, 6.45) is 4.86. The minimum absolute atomic E-state index is 0.126. The monoisotopic (exact) mass is 420 g/mol. The minimum atomic E-state index is -0.389. The first-order valence-electron chi connectivity index (χ1n) is 10.8. The molecule has 0 saturated carbocycles. The SMILES string of the molecule is O=C(NCc1ccc2[nH]c3c(c2c1)CCCC3)NC1CC(=O)N(c2cccc(F)c2)C1. The van der Waals surface area contributed by atoms with E-state index in [9.17, 15) is 14.0 Å². The molecule has 1 saturated heterocycles. The first-order chi connectivity index (χ1) is 15.1. The number of halogens is 1. The third-order valence-corrected chi connectivity index (χ3v) is 6.20. The van der Waals surface area contributed by atoms with E-state index < -0.39 is 0 Å². The number of aryl methyl sites for hydroxylation is 2. The number of fused-ring (bicyclic) bond motifs is 3. The summed E-state index contributed by atoms with van der Waals surface area (Å²) in [7, 11) is 0. The predicted octanol–water partition coefficient (Wildman–Crippen LogP) is 3.79. The quantitative estimate of drug-likeness (QED) is 0.601. The number of nitrogens with one attached hydrogen (secondary N) is 3. The van der Waals surface area contributed by atoms with E-state index in [0.717, 1.165) is 23.9 Å². The Hall–Kier alpha value is -3.35. The Morgan fingerprint density at radius 3 is 2.90 bits per heavy atom. The van der Waals surface area contributed by atoms with E-state index in [0.29, 0.717) is 18.8 Å². The summed E-state index contributed by atoms with van der Waals surface area (Å²) in [6.45, 7) is 0.743. The molecule has 1 aliphatic carbocycles. The number of carbonyl (C=O) groups excluding carboxylic acids is 2. The molecule has 1 fully saturated rings. The van der Waals surface area contributed by atoms with E-state index >= 15 is 0 Å². The molecule has 2 heterocycles. The molecule has 1 unspecified atom stereocenters. The van der Waals surface area contributed by atoms with Gasteiger partial charge >= 0.3 is 6.03 Å². The lowest BCUT2D eigenvalue weighted by Gasteiger charge is -2.17. The number of benzene rings is 2.